The van der Waals surface area contributed by atoms with E-state index in [-0.39, 0.29) is 11.7 Å². The number of piperidine rings is 1. The first-order valence-corrected chi connectivity index (χ1v) is 12.0. The van der Waals surface area contributed by atoms with Gasteiger partial charge in [-0.05, 0) is 62.4 Å². The van der Waals surface area contributed by atoms with Gasteiger partial charge in [0.1, 0.15) is 12.4 Å². The van der Waals surface area contributed by atoms with Crippen molar-refractivity contribution in [1.29, 1.82) is 0 Å². The molecule has 6 nitrogen and oxygen atoms in total. The number of hydrogen-bond donors (Lipinski definition) is 0. The fraction of sp³-hybridized carbons (Fsp3) is 0.600. The van der Waals surface area contributed by atoms with Crippen LogP contribution in [0.1, 0.15) is 68.5 Å². The molecule has 0 unspecified atom stereocenters. The largest absolute Gasteiger partial charge is 0.490 e. The van der Waals surface area contributed by atoms with Gasteiger partial charge in [-0.3, -0.25) is 14.3 Å². The average molecular weight is 424 g/mol. The zero-order chi connectivity index (χ0) is 21.0. The molecule has 6 heteroatoms. The highest BCUT2D eigenvalue weighted by atomic mass is 16.6. The van der Waals surface area contributed by atoms with E-state index in [0.717, 1.165) is 31.1 Å². The van der Waals surface area contributed by atoms with Gasteiger partial charge >= 0.3 is 6.01 Å². The summed E-state index contributed by atoms with van der Waals surface area (Å²) in [4.78, 5) is 18.6. The lowest BCUT2D eigenvalue weighted by atomic mass is 9.84. The molecule has 1 aliphatic carbocycles. The fourth-order valence-corrected chi connectivity index (χ4v) is 5.23. The van der Waals surface area contributed by atoms with Crippen molar-refractivity contribution in [3.05, 3.63) is 51.9 Å². The van der Waals surface area contributed by atoms with Crippen LogP contribution in [-0.4, -0.2) is 40.3 Å². The molecular formula is C25H33N3O3. The second kappa shape index (κ2) is 9.43. The number of likely N-dealkylation sites (tertiary alicyclic amines) is 1. The van der Waals surface area contributed by atoms with Crippen LogP contribution < -0.4 is 15.0 Å². The predicted molar refractivity (Wildman–Crippen MR) is 120 cm³/mol. The molecule has 1 aromatic heterocycles. The molecule has 3 heterocycles. The van der Waals surface area contributed by atoms with E-state index >= 15 is 0 Å². The number of nitrogens with zero attached hydrogens (tertiary/aromatic N) is 3. The topological polar surface area (TPSA) is 56.6 Å². The summed E-state index contributed by atoms with van der Waals surface area (Å²) in [5.41, 5.74) is 2.20. The third kappa shape index (κ3) is 4.95. The van der Waals surface area contributed by atoms with Gasteiger partial charge in [0.2, 0.25) is 0 Å². The molecule has 0 N–H and O–H groups in total. The maximum Gasteiger partial charge on any atom is 0.300 e. The maximum atomic E-state index is 12.1. The second-order valence-electron chi connectivity index (χ2n) is 9.27. The van der Waals surface area contributed by atoms with Crippen LogP contribution in [0.2, 0.25) is 0 Å². The number of ether oxygens (including phenoxy) is 2. The highest BCUT2D eigenvalue weighted by Gasteiger charge is 2.27. The molecule has 0 amide bonds. The molecule has 31 heavy (non-hydrogen) atoms. The van der Waals surface area contributed by atoms with Gasteiger partial charge < -0.3 is 9.47 Å². The van der Waals surface area contributed by atoms with Crippen molar-refractivity contribution < 1.29 is 9.47 Å². The Balaban J connectivity index is 1.19. The summed E-state index contributed by atoms with van der Waals surface area (Å²) in [6.07, 6.45) is 10.3. The van der Waals surface area contributed by atoms with Gasteiger partial charge in [-0.25, -0.2) is 0 Å². The Kier molecular flexibility index (Phi) is 6.25. The summed E-state index contributed by atoms with van der Waals surface area (Å²) >= 11 is 0. The summed E-state index contributed by atoms with van der Waals surface area (Å²) < 4.78 is 14.0. The third-order valence-corrected chi connectivity index (χ3v) is 6.96. The molecule has 3 aliphatic rings. The van der Waals surface area contributed by atoms with E-state index < -0.39 is 0 Å². The summed E-state index contributed by atoms with van der Waals surface area (Å²) in [5.74, 6) is 1.58. The van der Waals surface area contributed by atoms with Crippen LogP contribution in [0.5, 0.6) is 11.8 Å². The summed E-state index contributed by atoms with van der Waals surface area (Å²) in [6.45, 7) is 4.09. The number of benzene rings is 1. The van der Waals surface area contributed by atoms with Crippen molar-refractivity contribution in [2.24, 2.45) is 0 Å². The predicted octanol–water partition coefficient (Wildman–Crippen LogP) is 4.12. The van der Waals surface area contributed by atoms with E-state index in [0.29, 0.717) is 25.1 Å². The Labute approximate surface area is 184 Å². The number of hydrogen-bond acceptors (Lipinski definition) is 5. The smallest absolute Gasteiger partial charge is 0.300 e. The van der Waals surface area contributed by atoms with Crippen molar-refractivity contribution in [2.75, 3.05) is 19.7 Å². The number of aromatic nitrogens is 2. The van der Waals surface area contributed by atoms with Crippen molar-refractivity contribution >= 4 is 0 Å². The Morgan fingerprint density at radius 2 is 1.74 bits per heavy atom. The van der Waals surface area contributed by atoms with E-state index in [1.54, 1.807) is 6.07 Å². The molecule has 2 aromatic rings. The van der Waals surface area contributed by atoms with E-state index in [9.17, 15) is 4.79 Å². The average Bonchev–Trinajstić information content (AvgIpc) is 3.22. The van der Waals surface area contributed by atoms with Gasteiger partial charge in [-0.1, -0.05) is 37.8 Å². The number of fused-ring (bicyclic) bond motifs is 1. The Morgan fingerprint density at radius 3 is 2.52 bits per heavy atom. The van der Waals surface area contributed by atoms with Gasteiger partial charge in [0.05, 0.1) is 6.54 Å². The van der Waals surface area contributed by atoms with Crippen LogP contribution >= 0.6 is 0 Å². The van der Waals surface area contributed by atoms with Crippen molar-refractivity contribution in [3.63, 3.8) is 0 Å². The minimum atomic E-state index is -0.224. The fourth-order valence-electron chi connectivity index (χ4n) is 5.23. The van der Waals surface area contributed by atoms with Crippen LogP contribution in [0, 0.1) is 0 Å². The van der Waals surface area contributed by atoms with Gasteiger partial charge in [-0.2, -0.15) is 4.98 Å². The summed E-state index contributed by atoms with van der Waals surface area (Å²) in [5, 5.41) is 0. The SMILES string of the molecule is O=c1cc(CN2CCCCC2)n2c(n1)O[C@H](COc1ccc(C3CCCCC3)cc1)C2. The Bertz CT molecular complexity index is 928. The Hall–Kier alpha value is -2.34. The first kappa shape index (κ1) is 20.6. The number of rotatable bonds is 6. The monoisotopic (exact) mass is 423 g/mol. The highest BCUT2D eigenvalue weighted by molar-refractivity contribution is 5.29. The summed E-state index contributed by atoms with van der Waals surface area (Å²) in [6, 6.07) is 10.7. The molecule has 0 spiro atoms. The van der Waals surface area contributed by atoms with E-state index in [1.807, 2.05) is 0 Å². The van der Waals surface area contributed by atoms with Crippen molar-refractivity contribution in [3.8, 4) is 11.8 Å². The van der Waals surface area contributed by atoms with Gasteiger partial charge in [0.15, 0.2) is 6.10 Å². The van der Waals surface area contributed by atoms with Crippen molar-refractivity contribution in [1.82, 2.24) is 14.5 Å². The van der Waals surface area contributed by atoms with Crippen LogP contribution in [-0.2, 0) is 13.1 Å². The quantitative estimate of drug-likeness (QED) is 0.700. The molecule has 166 valence electrons. The van der Waals surface area contributed by atoms with Crippen LogP contribution in [0.25, 0.3) is 0 Å². The molecule has 2 aliphatic heterocycles. The van der Waals surface area contributed by atoms with Crippen LogP contribution in [0.4, 0.5) is 0 Å². The molecule has 0 bridgehead atoms. The first-order valence-electron chi connectivity index (χ1n) is 12.0. The lowest BCUT2D eigenvalue weighted by molar-refractivity contribution is 0.143. The first-order chi connectivity index (χ1) is 15.2. The van der Waals surface area contributed by atoms with Crippen LogP contribution in [0.3, 0.4) is 0 Å². The highest BCUT2D eigenvalue weighted by Crippen LogP contribution is 2.33. The molecule has 0 radical (unpaired) electrons. The lowest BCUT2D eigenvalue weighted by Gasteiger charge is -2.27. The minimum Gasteiger partial charge on any atom is -0.490 e. The zero-order valence-corrected chi connectivity index (χ0v) is 18.3. The van der Waals surface area contributed by atoms with Gasteiger partial charge in [0, 0.05) is 18.3 Å². The standard InChI is InChI=1S/C25H33N3O3/c29-24-15-21(16-27-13-5-2-6-14-27)28-17-23(31-25(28)26-24)18-30-22-11-9-20(10-12-22)19-7-3-1-4-8-19/h9-12,15,19,23H,1-8,13-14,16-18H2/t23-/m0/s1. The molecule has 5 rings (SSSR count). The third-order valence-electron chi connectivity index (χ3n) is 6.96. The molecular weight excluding hydrogens is 390 g/mol. The van der Waals surface area contributed by atoms with E-state index in [4.69, 9.17) is 9.47 Å². The van der Waals surface area contributed by atoms with Crippen molar-refractivity contribution in [2.45, 2.75) is 76.5 Å². The molecule has 1 aromatic carbocycles. The molecule has 1 saturated heterocycles. The van der Waals surface area contributed by atoms with E-state index in [2.05, 4.69) is 38.7 Å². The molecule has 2 fully saturated rings. The van der Waals surface area contributed by atoms with Crippen LogP contribution in [0.15, 0.2) is 35.1 Å². The van der Waals surface area contributed by atoms with Gasteiger partial charge in [-0.15, -0.1) is 0 Å². The second-order valence-corrected chi connectivity index (χ2v) is 9.27. The zero-order valence-electron chi connectivity index (χ0n) is 18.3. The Morgan fingerprint density at radius 1 is 1.00 bits per heavy atom. The maximum absolute atomic E-state index is 12.1. The minimum absolute atomic E-state index is 0.132. The molecule has 1 atom stereocenters. The lowest BCUT2D eigenvalue weighted by Crippen LogP contribution is -2.31. The molecule has 1 saturated carbocycles. The summed E-state index contributed by atoms with van der Waals surface area (Å²) in [7, 11) is 0. The van der Waals surface area contributed by atoms with E-state index in [1.165, 1.54) is 56.9 Å². The van der Waals surface area contributed by atoms with Gasteiger partial charge in [0.25, 0.3) is 5.56 Å². The normalized spacial score (nSPS) is 22.1.